The first-order chi connectivity index (χ1) is 16.8. The molecule has 0 atom stereocenters. The molecule has 0 aliphatic carbocycles. The first kappa shape index (κ1) is 22.7. The monoisotopic (exact) mass is 510 g/mol. The first-order valence-electron chi connectivity index (χ1n) is 10.4. The average molecular weight is 511 g/mol. The fourth-order valence-corrected chi connectivity index (χ4v) is 4.42. The Morgan fingerprint density at radius 3 is 2.54 bits per heavy atom. The molecule has 5 rings (SSSR count). The zero-order chi connectivity index (χ0) is 24.7. The number of rotatable bonds is 4. The van der Waals surface area contributed by atoms with Gasteiger partial charge in [0.2, 0.25) is 0 Å². The minimum absolute atomic E-state index is 0.0572. The summed E-state index contributed by atoms with van der Waals surface area (Å²) in [5.41, 5.74) is 0.732. The Balaban J connectivity index is 1.45. The molecule has 11 heteroatoms. The Morgan fingerprint density at radius 1 is 1.06 bits per heavy atom. The van der Waals surface area contributed by atoms with Crippen LogP contribution in [0, 0.1) is 0 Å². The van der Waals surface area contributed by atoms with E-state index in [9.17, 15) is 19.5 Å². The fourth-order valence-electron chi connectivity index (χ4n) is 3.87. The molecule has 2 heterocycles. The number of nitrogens with zero attached hydrogens (tertiary/aromatic N) is 3. The number of carbonyl (C=O) groups is 1. The molecule has 0 spiro atoms. The number of para-hydroxylation sites is 1. The lowest BCUT2D eigenvalue weighted by Gasteiger charge is -2.19. The molecule has 176 valence electrons. The predicted octanol–water partition coefficient (Wildman–Crippen LogP) is 3.93. The number of amides is 1. The van der Waals surface area contributed by atoms with Gasteiger partial charge in [0, 0.05) is 12.2 Å². The molecule has 1 amide bonds. The second-order valence-corrected chi connectivity index (χ2v) is 8.52. The molecule has 0 bridgehead atoms. The van der Waals surface area contributed by atoms with E-state index in [1.165, 1.54) is 30.3 Å². The topological polar surface area (TPSA) is 118 Å². The van der Waals surface area contributed by atoms with Gasteiger partial charge < -0.3 is 14.7 Å². The third-order valence-electron chi connectivity index (χ3n) is 5.49. The third kappa shape index (κ3) is 4.27. The molecule has 35 heavy (non-hydrogen) atoms. The van der Waals surface area contributed by atoms with Crippen molar-refractivity contribution in [2.75, 3.05) is 11.4 Å². The summed E-state index contributed by atoms with van der Waals surface area (Å²) in [5.74, 6) is -0.267. The van der Waals surface area contributed by atoms with Crippen LogP contribution in [0.25, 0.3) is 5.69 Å². The minimum atomic E-state index is -0.761. The number of hydrogen-bond donors (Lipinski definition) is 2. The van der Waals surface area contributed by atoms with E-state index >= 15 is 0 Å². The van der Waals surface area contributed by atoms with E-state index in [4.69, 9.17) is 27.9 Å². The van der Waals surface area contributed by atoms with Gasteiger partial charge in [-0.1, -0.05) is 41.4 Å². The number of phenolic OH excluding ortho intramolecular Hbond substituents is 1. The summed E-state index contributed by atoms with van der Waals surface area (Å²) < 4.78 is 6.77. The van der Waals surface area contributed by atoms with Crippen LogP contribution in [0.5, 0.6) is 17.2 Å². The van der Waals surface area contributed by atoms with Gasteiger partial charge in [0.25, 0.3) is 11.5 Å². The number of hydrogen-bond acceptors (Lipinski definition) is 6. The number of nitrogens with one attached hydrogen (secondary N) is 1. The number of anilines is 1. The molecular formula is C24H16Cl2N4O5. The van der Waals surface area contributed by atoms with Crippen molar-refractivity contribution in [2.45, 2.75) is 6.42 Å². The zero-order valence-corrected chi connectivity index (χ0v) is 19.4. The number of carbonyl (C=O) groups excluding carboxylic acids is 1. The molecule has 1 aliphatic rings. The number of halogens is 2. The Bertz CT molecular complexity index is 1570. The molecule has 0 fully saturated rings. The standard InChI is InChI=1S/C24H16Cl2N4O5/c25-17-9-14(30-24(34)28-21(32)12-27-30)10-18(26)22(17)35-15-5-6-20(31)16(11-15)23(33)29-8-7-13-3-1-2-4-19(13)29/h1-6,9-12,31H,7-8H2,(H,28,32,34). The number of H-pyrrole nitrogens is 1. The molecule has 0 radical (unpaired) electrons. The summed E-state index contributed by atoms with van der Waals surface area (Å²) in [6, 6.07) is 14.6. The number of benzene rings is 3. The normalized spacial score (nSPS) is 12.5. The summed E-state index contributed by atoms with van der Waals surface area (Å²) in [7, 11) is 0. The number of aromatic nitrogens is 3. The molecule has 3 aromatic carbocycles. The highest BCUT2D eigenvalue weighted by atomic mass is 35.5. The molecular weight excluding hydrogens is 495 g/mol. The van der Waals surface area contributed by atoms with Gasteiger partial charge in [-0.3, -0.25) is 14.6 Å². The lowest BCUT2D eigenvalue weighted by Crippen LogP contribution is -2.30. The van der Waals surface area contributed by atoms with E-state index in [2.05, 4.69) is 10.1 Å². The summed E-state index contributed by atoms with van der Waals surface area (Å²) in [4.78, 5) is 40.2. The number of aromatic hydroxyl groups is 1. The molecule has 4 aromatic rings. The smallest absolute Gasteiger partial charge is 0.349 e. The van der Waals surface area contributed by atoms with Gasteiger partial charge in [-0.2, -0.15) is 9.78 Å². The van der Waals surface area contributed by atoms with E-state index in [1.807, 2.05) is 24.3 Å². The van der Waals surface area contributed by atoms with Gasteiger partial charge in [0.1, 0.15) is 17.7 Å². The highest BCUT2D eigenvalue weighted by Gasteiger charge is 2.27. The molecule has 1 aromatic heterocycles. The Morgan fingerprint density at radius 2 is 1.80 bits per heavy atom. The number of phenols is 1. The third-order valence-corrected chi connectivity index (χ3v) is 6.05. The summed E-state index contributed by atoms with van der Waals surface area (Å²) >= 11 is 12.7. The molecule has 1 aliphatic heterocycles. The molecule has 0 unspecified atom stereocenters. The van der Waals surface area contributed by atoms with Crippen molar-refractivity contribution in [3.8, 4) is 22.9 Å². The number of ether oxygens (including phenoxy) is 1. The quantitative estimate of drug-likeness (QED) is 0.429. The summed E-state index contributed by atoms with van der Waals surface area (Å²) in [6.45, 7) is 0.500. The molecule has 0 saturated carbocycles. The molecule has 9 nitrogen and oxygen atoms in total. The number of aromatic amines is 1. The zero-order valence-electron chi connectivity index (χ0n) is 17.9. The second kappa shape index (κ2) is 8.94. The van der Waals surface area contributed by atoms with E-state index in [-0.39, 0.29) is 44.5 Å². The maximum absolute atomic E-state index is 13.2. The van der Waals surface area contributed by atoms with Gasteiger partial charge in [0.05, 0.1) is 21.3 Å². The maximum Gasteiger partial charge on any atom is 0.349 e. The highest BCUT2D eigenvalue weighted by Crippen LogP contribution is 2.39. The van der Waals surface area contributed by atoms with Gasteiger partial charge in [-0.15, -0.1) is 0 Å². The predicted molar refractivity (Wildman–Crippen MR) is 130 cm³/mol. The van der Waals surface area contributed by atoms with Crippen LogP contribution in [-0.4, -0.2) is 32.3 Å². The van der Waals surface area contributed by atoms with Crippen LogP contribution in [0.1, 0.15) is 15.9 Å². The largest absolute Gasteiger partial charge is 0.507 e. The summed E-state index contributed by atoms with van der Waals surface area (Å²) in [5, 5.41) is 14.3. The van der Waals surface area contributed by atoms with E-state index in [0.29, 0.717) is 6.54 Å². The van der Waals surface area contributed by atoms with E-state index < -0.39 is 11.2 Å². The van der Waals surface area contributed by atoms with Crippen molar-refractivity contribution < 1.29 is 14.6 Å². The van der Waals surface area contributed by atoms with Gasteiger partial charge in [-0.05, 0) is 48.4 Å². The Kier molecular flexibility index (Phi) is 5.80. The minimum Gasteiger partial charge on any atom is -0.507 e. The van der Waals surface area contributed by atoms with Gasteiger partial charge >= 0.3 is 5.69 Å². The lowest BCUT2D eigenvalue weighted by molar-refractivity contribution is 0.0986. The van der Waals surface area contributed by atoms with Crippen molar-refractivity contribution in [1.29, 1.82) is 0 Å². The van der Waals surface area contributed by atoms with Gasteiger partial charge in [0.15, 0.2) is 5.75 Å². The van der Waals surface area contributed by atoms with Gasteiger partial charge in [-0.25, -0.2) is 4.79 Å². The highest BCUT2D eigenvalue weighted by molar-refractivity contribution is 6.37. The maximum atomic E-state index is 13.2. The molecule has 2 N–H and O–H groups in total. The van der Waals surface area contributed by atoms with Crippen molar-refractivity contribution in [3.05, 3.63) is 103 Å². The van der Waals surface area contributed by atoms with Crippen LogP contribution < -0.4 is 20.9 Å². The average Bonchev–Trinajstić information content (AvgIpc) is 3.26. The SMILES string of the molecule is O=C(c1cc(Oc2c(Cl)cc(-n3ncc(=O)[nH]c3=O)cc2Cl)ccc1O)N1CCc2ccccc21. The van der Waals surface area contributed by atoms with Crippen molar-refractivity contribution >= 4 is 34.8 Å². The van der Waals surface area contributed by atoms with Crippen LogP contribution in [0.3, 0.4) is 0 Å². The number of fused-ring (bicyclic) bond motifs is 1. The van der Waals surface area contributed by atoms with Crippen LogP contribution >= 0.6 is 23.2 Å². The Labute approximate surface area is 207 Å². The fraction of sp³-hybridized carbons (Fsp3) is 0.0833. The van der Waals surface area contributed by atoms with Crippen LogP contribution in [0.2, 0.25) is 10.0 Å². The van der Waals surface area contributed by atoms with Crippen LogP contribution in [-0.2, 0) is 6.42 Å². The summed E-state index contributed by atoms with van der Waals surface area (Å²) in [6.07, 6.45) is 1.67. The Hall–Kier alpha value is -4.08. The first-order valence-corrected chi connectivity index (χ1v) is 11.2. The van der Waals surface area contributed by atoms with E-state index in [1.54, 1.807) is 4.90 Å². The molecule has 0 saturated heterocycles. The van der Waals surface area contributed by atoms with Crippen molar-refractivity contribution in [3.63, 3.8) is 0 Å². The van der Waals surface area contributed by atoms with E-state index in [0.717, 1.165) is 28.6 Å². The lowest BCUT2D eigenvalue weighted by atomic mass is 10.1. The second-order valence-electron chi connectivity index (χ2n) is 7.71. The van der Waals surface area contributed by atoms with Crippen molar-refractivity contribution in [2.24, 2.45) is 0 Å². The van der Waals surface area contributed by atoms with Crippen LogP contribution in [0.15, 0.2) is 70.4 Å². The van der Waals surface area contributed by atoms with Crippen LogP contribution in [0.4, 0.5) is 5.69 Å². The van der Waals surface area contributed by atoms with Crippen molar-refractivity contribution in [1.82, 2.24) is 14.8 Å².